The molecular weight excluding hydrogens is 242 g/mol. The van der Waals surface area contributed by atoms with Crippen molar-refractivity contribution in [2.24, 2.45) is 11.8 Å². The van der Waals surface area contributed by atoms with Gasteiger partial charge in [0.15, 0.2) is 0 Å². The molecule has 1 aromatic carbocycles. The number of aliphatic hydroxyl groups excluding tert-OH is 1. The highest BCUT2D eigenvalue weighted by atomic mass is 16.5. The minimum atomic E-state index is 0.0215. The summed E-state index contributed by atoms with van der Waals surface area (Å²) in [5.41, 5.74) is 1.13. The summed E-state index contributed by atoms with van der Waals surface area (Å²) in [6, 6.07) is 10.00. The number of benzene rings is 1. The fourth-order valence-corrected chi connectivity index (χ4v) is 2.51. The summed E-state index contributed by atoms with van der Waals surface area (Å²) < 4.78 is 5.70. The van der Waals surface area contributed by atoms with Crippen molar-refractivity contribution in [1.29, 1.82) is 0 Å². The van der Waals surface area contributed by atoms with Crippen LogP contribution < -0.4 is 5.32 Å². The number of hydrogen-bond donors (Lipinski definition) is 2. The number of rotatable bonds is 6. The van der Waals surface area contributed by atoms with Crippen molar-refractivity contribution in [3.05, 3.63) is 35.9 Å². The molecule has 1 heterocycles. The quantitative estimate of drug-likeness (QED) is 0.814. The summed E-state index contributed by atoms with van der Waals surface area (Å²) in [7, 11) is 0. The van der Waals surface area contributed by atoms with Gasteiger partial charge in [0.2, 0.25) is 5.91 Å². The maximum Gasteiger partial charge on any atom is 0.220 e. The third-order valence-electron chi connectivity index (χ3n) is 3.63. The van der Waals surface area contributed by atoms with Gasteiger partial charge in [0, 0.05) is 25.0 Å². The Morgan fingerprint density at radius 2 is 2.16 bits per heavy atom. The lowest BCUT2D eigenvalue weighted by molar-refractivity contribution is -0.119. The van der Waals surface area contributed by atoms with Crippen molar-refractivity contribution in [2.45, 2.75) is 26.0 Å². The number of amides is 1. The van der Waals surface area contributed by atoms with Crippen LogP contribution in [0.1, 0.15) is 18.9 Å². The molecule has 4 nitrogen and oxygen atoms in total. The molecule has 1 aliphatic heterocycles. The van der Waals surface area contributed by atoms with E-state index >= 15 is 0 Å². The Morgan fingerprint density at radius 3 is 2.84 bits per heavy atom. The molecule has 1 aromatic rings. The zero-order valence-electron chi connectivity index (χ0n) is 11.2. The average molecular weight is 263 g/mol. The zero-order chi connectivity index (χ0) is 13.7. The number of ether oxygens (including phenoxy) is 1. The molecule has 19 heavy (non-hydrogen) atoms. The number of aliphatic hydroxyl groups is 1. The highest BCUT2D eigenvalue weighted by Crippen LogP contribution is 2.23. The first-order chi connectivity index (χ1) is 9.20. The Labute approximate surface area is 113 Å². The summed E-state index contributed by atoms with van der Waals surface area (Å²) in [5.74, 6) is 0.272. The van der Waals surface area contributed by atoms with Gasteiger partial charge in [-0.2, -0.15) is 0 Å². The molecule has 3 atom stereocenters. The largest absolute Gasteiger partial charge is 0.396 e. The summed E-state index contributed by atoms with van der Waals surface area (Å²) in [4.78, 5) is 11.5. The van der Waals surface area contributed by atoms with Gasteiger partial charge in [-0.1, -0.05) is 37.3 Å². The van der Waals surface area contributed by atoms with Gasteiger partial charge >= 0.3 is 0 Å². The van der Waals surface area contributed by atoms with E-state index < -0.39 is 0 Å². The van der Waals surface area contributed by atoms with Crippen molar-refractivity contribution < 1.29 is 14.6 Å². The van der Waals surface area contributed by atoms with Crippen LogP contribution in [0.25, 0.3) is 0 Å². The molecule has 104 valence electrons. The van der Waals surface area contributed by atoms with Crippen LogP contribution in [0.15, 0.2) is 30.3 Å². The lowest BCUT2D eigenvalue weighted by Crippen LogP contribution is -2.38. The molecule has 0 spiro atoms. The third-order valence-corrected chi connectivity index (χ3v) is 3.63. The molecule has 0 saturated carbocycles. The second-order valence-corrected chi connectivity index (χ2v) is 5.22. The SMILES string of the molecule is CC(CO)C1NC(=O)C[C@H]1COCc1ccccc1. The average Bonchev–Trinajstić information content (AvgIpc) is 2.80. The first-order valence-corrected chi connectivity index (χ1v) is 6.72. The van der Waals surface area contributed by atoms with Crippen LogP contribution in [0.3, 0.4) is 0 Å². The molecular formula is C15H21NO3. The summed E-state index contributed by atoms with van der Waals surface area (Å²) in [6.45, 7) is 3.13. The van der Waals surface area contributed by atoms with Crippen LogP contribution in [0.2, 0.25) is 0 Å². The number of carbonyl (C=O) groups excluding carboxylic acids is 1. The smallest absolute Gasteiger partial charge is 0.220 e. The van der Waals surface area contributed by atoms with Crippen molar-refractivity contribution in [2.75, 3.05) is 13.2 Å². The van der Waals surface area contributed by atoms with Crippen molar-refractivity contribution in [3.63, 3.8) is 0 Å². The molecule has 1 saturated heterocycles. The maximum atomic E-state index is 11.5. The molecule has 2 N–H and O–H groups in total. The van der Waals surface area contributed by atoms with E-state index in [1.54, 1.807) is 0 Å². The highest BCUT2D eigenvalue weighted by molar-refractivity contribution is 5.79. The van der Waals surface area contributed by atoms with Crippen LogP contribution in [-0.4, -0.2) is 30.3 Å². The third kappa shape index (κ3) is 3.78. The fraction of sp³-hybridized carbons (Fsp3) is 0.533. The van der Waals surface area contributed by atoms with Crippen LogP contribution in [0, 0.1) is 11.8 Å². The lowest BCUT2D eigenvalue weighted by Gasteiger charge is -2.23. The van der Waals surface area contributed by atoms with E-state index in [9.17, 15) is 9.90 Å². The zero-order valence-corrected chi connectivity index (χ0v) is 11.2. The molecule has 0 aromatic heterocycles. The first kappa shape index (κ1) is 14.0. The first-order valence-electron chi connectivity index (χ1n) is 6.72. The van der Waals surface area contributed by atoms with Gasteiger partial charge in [-0.25, -0.2) is 0 Å². The van der Waals surface area contributed by atoms with Crippen LogP contribution in [-0.2, 0) is 16.1 Å². The maximum absolute atomic E-state index is 11.5. The van der Waals surface area contributed by atoms with Gasteiger partial charge in [0.1, 0.15) is 0 Å². The normalized spacial score (nSPS) is 24.2. The predicted octanol–water partition coefficient (Wildman–Crippen LogP) is 1.34. The van der Waals surface area contributed by atoms with Crippen LogP contribution >= 0.6 is 0 Å². The number of hydrogen-bond acceptors (Lipinski definition) is 3. The molecule has 2 rings (SSSR count). The van der Waals surface area contributed by atoms with E-state index in [4.69, 9.17) is 4.74 Å². The van der Waals surface area contributed by atoms with E-state index in [0.717, 1.165) is 5.56 Å². The molecule has 0 aliphatic carbocycles. The van der Waals surface area contributed by atoms with E-state index in [1.807, 2.05) is 37.3 Å². The van der Waals surface area contributed by atoms with Gasteiger partial charge < -0.3 is 15.2 Å². The van der Waals surface area contributed by atoms with Crippen LogP contribution in [0.4, 0.5) is 0 Å². The molecule has 1 aliphatic rings. The Morgan fingerprint density at radius 1 is 1.42 bits per heavy atom. The minimum Gasteiger partial charge on any atom is -0.396 e. The number of carbonyl (C=O) groups is 1. The molecule has 4 heteroatoms. The minimum absolute atomic E-state index is 0.0215. The molecule has 1 amide bonds. The second kappa shape index (κ2) is 6.68. The fourth-order valence-electron chi connectivity index (χ4n) is 2.51. The molecule has 0 radical (unpaired) electrons. The second-order valence-electron chi connectivity index (χ2n) is 5.22. The van der Waals surface area contributed by atoms with E-state index in [1.165, 1.54) is 0 Å². The standard InChI is InChI=1S/C15H21NO3/c1-11(8-17)15-13(7-14(18)16-15)10-19-9-12-5-3-2-4-6-12/h2-6,11,13,15,17H,7-10H2,1H3,(H,16,18)/t11?,13-,15?/m0/s1. The molecule has 0 bridgehead atoms. The topological polar surface area (TPSA) is 58.6 Å². The monoisotopic (exact) mass is 263 g/mol. The summed E-state index contributed by atoms with van der Waals surface area (Å²) >= 11 is 0. The van der Waals surface area contributed by atoms with Gasteiger partial charge in [-0.3, -0.25) is 4.79 Å². The Bertz CT molecular complexity index is 407. The van der Waals surface area contributed by atoms with Crippen LogP contribution in [0.5, 0.6) is 0 Å². The summed E-state index contributed by atoms with van der Waals surface area (Å²) in [6.07, 6.45) is 0.490. The van der Waals surface area contributed by atoms with Gasteiger partial charge in [-0.05, 0) is 11.5 Å². The number of nitrogens with one attached hydrogen (secondary N) is 1. The molecule has 2 unspecified atom stereocenters. The molecule has 1 fully saturated rings. The van der Waals surface area contributed by atoms with E-state index in [-0.39, 0.29) is 30.4 Å². The predicted molar refractivity (Wildman–Crippen MR) is 72.4 cm³/mol. The van der Waals surface area contributed by atoms with Gasteiger partial charge in [0.05, 0.1) is 13.2 Å². The van der Waals surface area contributed by atoms with Crippen molar-refractivity contribution >= 4 is 5.91 Å². The summed E-state index contributed by atoms with van der Waals surface area (Å²) in [5, 5.41) is 12.1. The lowest BCUT2D eigenvalue weighted by atomic mass is 9.92. The van der Waals surface area contributed by atoms with Crippen molar-refractivity contribution in [1.82, 2.24) is 5.32 Å². The Hall–Kier alpha value is -1.39. The Kier molecular flexibility index (Phi) is 4.93. The van der Waals surface area contributed by atoms with E-state index in [0.29, 0.717) is 19.6 Å². The highest BCUT2D eigenvalue weighted by Gasteiger charge is 2.35. The van der Waals surface area contributed by atoms with Crippen molar-refractivity contribution in [3.8, 4) is 0 Å². The Balaban J connectivity index is 1.82. The van der Waals surface area contributed by atoms with E-state index in [2.05, 4.69) is 5.32 Å². The van der Waals surface area contributed by atoms with Gasteiger partial charge in [-0.15, -0.1) is 0 Å². The van der Waals surface area contributed by atoms with Gasteiger partial charge in [0.25, 0.3) is 0 Å².